The van der Waals surface area contributed by atoms with Gasteiger partial charge in [-0.2, -0.15) is 8.78 Å². The van der Waals surface area contributed by atoms with Gasteiger partial charge in [0.1, 0.15) is 0 Å². The third-order valence-electron chi connectivity index (χ3n) is 4.11. The number of hydrogen-bond donors (Lipinski definition) is 1. The number of benzene rings is 2. The van der Waals surface area contributed by atoms with Gasteiger partial charge in [0, 0.05) is 30.0 Å². The maximum absolute atomic E-state index is 12.6. The van der Waals surface area contributed by atoms with Crippen LogP contribution in [0.5, 0.6) is 0 Å². The Kier molecular flexibility index (Phi) is 5.88. The molecule has 2 aromatic rings. The Balaban J connectivity index is 1.66. The highest BCUT2D eigenvalue weighted by Gasteiger charge is 2.20. The first kappa shape index (κ1) is 18.4. The topological polar surface area (TPSA) is 49.4 Å². The Morgan fingerprint density at radius 3 is 2.54 bits per heavy atom. The molecule has 1 aliphatic heterocycles. The molecule has 7 heteroatoms. The van der Waals surface area contributed by atoms with E-state index in [1.807, 2.05) is 0 Å². The molecule has 0 unspecified atom stereocenters. The van der Waals surface area contributed by atoms with Crippen LogP contribution in [-0.2, 0) is 11.3 Å². The van der Waals surface area contributed by atoms with Crippen LogP contribution in [0.3, 0.4) is 0 Å². The van der Waals surface area contributed by atoms with Crippen LogP contribution < -0.4 is 5.32 Å². The van der Waals surface area contributed by atoms with Crippen molar-refractivity contribution in [2.75, 3.05) is 11.9 Å². The van der Waals surface area contributed by atoms with Gasteiger partial charge < -0.3 is 10.2 Å². The van der Waals surface area contributed by atoms with Gasteiger partial charge in [0.2, 0.25) is 5.91 Å². The van der Waals surface area contributed by atoms with Gasteiger partial charge in [-0.05, 0) is 36.2 Å². The number of alkyl halides is 2. The molecule has 1 heterocycles. The number of para-hydroxylation sites is 1. The van der Waals surface area contributed by atoms with E-state index in [1.165, 1.54) is 0 Å². The van der Waals surface area contributed by atoms with Crippen LogP contribution in [0.15, 0.2) is 53.4 Å². The lowest BCUT2D eigenvalue weighted by Crippen LogP contribution is -2.23. The molecule has 1 fully saturated rings. The number of rotatable bonds is 6. The first-order valence-electron chi connectivity index (χ1n) is 8.25. The number of thioether (sulfide) groups is 1. The van der Waals surface area contributed by atoms with Crippen molar-refractivity contribution in [1.82, 2.24) is 4.90 Å². The molecule has 1 aliphatic rings. The van der Waals surface area contributed by atoms with Gasteiger partial charge in [0.25, 0.3) is 11.7 Å². The number of nitrogens with zero attached hydrogens (tertiary/aromatic N) is 1. The molecular formula is C19H18F2N2O2S. The predicted molar refractivity (Wildman–Crippen MR) is 97.3 cm³/mol. The molecule has 0 aromatic heterocycles. The zero-order valence-corrected chi connectivity index (χ0v) is 14.8. The number of carbonyl (C=O) groups excluding carboxylic acids is 2. The van der Waals surface area contributed by atoms with Crippen LogP contribution in [-0.4, -0.2) is 29.0 Å². The molecule has 0 saturated carbocycles. The molecule has 2 amide bonds. The van der Waals surface area contributed by atoms with Crippen LogP contribution in [0.2, 0.25) is 0 Å². The zero-order valence-electron chi connectivity index (χ0n) is 14.0. The normalized spacial score (nSPS) is 14.1. The third-order valence-corrected chi connectivity index (χ3v) is 4.90. The second kappa shape index (κ2) is 8.31. The van der Waals surface area contributed by atoms with Crippen molar-refractivity contribution in [3.8, 4) is 0 Å². The minimum atomic E-state index is -2.55. The molecule has 0 spiro atoms. The Bertz CT molecular complexity index is 796. The molecule has 2 aromatic carbocycles. The second-order valence-corrected chi connectivity index (χ2v) is 6.98. The van der Waals surface area contributed by atoms with Crippen molar-refractivity contribution in [2.24, 2.45) is 0 Å². The number of halogens is 2. The maximum atomic E-state index is 12.6. The number of carbonyl (C=O) groups is 2. The van der Waals surface area contributed by atoms with E-state index in [1.54, 1.807) is 53.4 Å². The molecule has 0 aliphatic carbocycles. The summed E-state index contributed by atoms with van der Waals surface area (Å²) in [5.41, 5.74) is 1.73. The minimum Gasteiger partial charge on any atom is -0.338 e. The summed E-state index contributed by atoms with van der Waals surface area (Å²) in [4.78, 5) is 26.2. The van der Waals surface area contributed by atoms with Gasteiger partial charge in [-0.1, -0.05) is 36.0 Å². The Hall–Kier alpha value is -2.41. The smallest absolute Gasteiger partial charge is 0.288 e. The third kappa shape index (κ3) is 4.60. The highest BCUT2D eigenvalue weighted by Crippen LogP contribution is 2.31. The predicted octanol–water partition coefficient (Wildman–Crippen LogP) is 4.38. The van der Waals surface area contributed by atoms with Gasteiger partial charge in [-0.15, -0.1) is 0 Å². The molecular weight excluding hydrogens is 358 g/mol. The fourth-order valence-electron chi connectivity index (χ4n) is 2.82. The molecule has 1 N–H and O–H groups in total. The highest BCUT2D eigenvalue weighted by atomic mass is 32.2. The van der Waals surface area contributed by atoms with Gasteiger partial charge >= 0.3 is 0 Å². The van der Waals surface area contributed by atoms with Crippen molar-refractivity contribution in [1.29, 1.82) is 0 Å². The van der Waals surface area contributed by atoms with Gasteiger partial charge in [-0.3, -0.25) is 9.59 Å². The largest absolute Gasteiger partial charge is 0.338 e. The van der Waals surface area contributed by atoms with E-state index in [4.69, 9.17) is 0 Å². The lowest BCUT2D eigenvalue weighted by atomic mass is 10.1. The number of nitrogens with one attached hydrogen (secondary N) is 1. The number of likely N-dealkylation sites (tertiary alicyclic amines) is 1. The Morgan fingerprint density at radius 1 is 1.15 bits per heavy atom. The van der Waals surface area contributed by atoms with Gasteiger partial charge in [0.05, 0.1) is 5.69 Å². The SMILES string of the molecule is O=C(Nc1ccccc1SC(F)F)c1ccc(CN2CCCC2=O)cc1. The summed E-state index contributed by atoms with van der Waals surface area (Å²) in [5, 5.41) is 2.67. The quantitative estimate of drug-likeness (QED) is 0.762. The van der Waals surface area contributed by atoms with E-state index in [0.29, 0.717) is 40.9 Å². The van der Waals surface area contributed by atoms with E-state index in [0.717, 1.165) is 18.5 Å². The van der Waals surface area contributed by atoms with Gasteiger partial charge in [0.15, 0.2) is 0 Å². The van der Waals surface area contributed by atoms with Crippen LogP contribution >= 0.6 is 11.8 Å². The van der Waals surface area contributed by atoms with Crippen LogP contribution in [0, 0.1) is 0 Å². The van der Waals surface area contributed by atoms with Crippen molar-refractivity contribution in [2.45, 2.75) is 30.0 Å². The minimum absolute atomic E-state index is 0.153. The number of anilines is 1. The average Bonchev–Trinajstić information content (AvgIpc) is 3.01. The fourth-order valence-corrected chi connectivity index (χ4v) is 3.41. The lowest BCUT2D eigenvalue weighted by Gasteiger charge is -2.15. The van der Waals surface area contributed by atoms with Crippen molar-refractivity contribution in [3.05, 3.63) is 59.7 Å². The lowest BCUT2D eigenvalue weighted by molar-refractivity contribution is -0.128. The summed E-state index contributed by atoms with van der Waals surface area (Å²) >= 11 is 0.397. The molecule has 136 valence electrons. The molecule has 3 rings (SSSR count). The van der Waals surface area contributed by atoms with Crippen molar-refractivity contribution in [3.63, 3.8) is 0 Å². The monoisotopic (exact) mass is 376 g/mol. The Morgan fingerprint density at radius 2 is 1.88 bits per heavy atom. The summed E-state index contributed by atoms with van der Waals surface area (Å²) < 4.78 is 25.2. The van der Waals surface area contributed by atoms with E-state index in [9.17, 15) is 18.4 Å². The van der Waals surface area contributed by atoms with E-state index >= 15 is 0 Å². The van der Waals surface area contributed by atoms with E-state index < -0.39 is 5.76 Å². The molecule has 1 saturated heterocycles. The summed E-state index contributed by atoms with van der Waals surface area (Å²) in [7, 11) is 0. The van der Waals surface area contributed by atoms with Crippen LogP contribution in [0.4, 0.5) is 14.5 Å². The van der Waals surface area contributed by atoms with Crippen LogP contribution in [0.25, 0.3) is 0 Å². The highest BCUT2D eigenvalue weighted by molar-refractivity contribution is 7.99. The second-order valence-electron chi connectivity index (χ2n) is 5.94. The fraction of sp³-hybridized carbons (Fsp3) is 0.263. The van der Waals surface area contributed by atoms with Gasteiger partial charge in [-0.25, -0.2) is 0 Å². The first-order chi connectivity index (χ1) is 12.5. The summed E-state index contributed by atoms with van der Waals surface area (Å²) in [6.45, 7) is 1.30. The summed E-state index contributed by atoms with van der Waals surface area (Å²) in [6, 6.07) is 13.4. The Labute approximate surface area is 154 Å². The molecule has 0 atom stereocenters. The van der Waals surface area contributed by atoms with Crippen molar-refractivity contribution >= 4 is 29.3 Å². The van der Waals surface area contributed by atoms with E-state index in [2.05, 4.69) is 5.32 Å². The summed E-state index contributed by atoms with van der Waals surface area (Å²) in [6.07, 6.45) is 1.48. The summed E-state index contributed by atoms with van der Waals surface area (Å²) in [5.74, 6) is -2.77. The number of amides is 2. The zero-order chi connectivity index (χ0) is 18.5. The van der Waals surface area contributed by atoms with Crippen LogP contribution in [0.1, 0.15) is 28.8 Å². The number of hydrogen-bond acceptors (Lipinski definition) is 3. The molecule has 0 bridgehead atoms. The average molecular weight is 376 g/mol. The maximum Gasteiger partial charge on any atom is 0.288 e. The van der Waals surface area contributed by atoms with E-state index in [-0.39, 0.29) is 11.8 Å². The molecule has 4 nitrogen and oxygen atoms in total. The standard InChI is InChI=1S/C19H18F2N2O2S/c20-19(21)26-16-5-2-1-4-15(16)22-18(25)14-9-7-13(8-10-14)12-23-11-3-6-17(23)24/h1-2,4-5,7-10,19H,3,6,11-12H2,(H,22,25). The molecule has 0 radical (unpaired) electrons. The van der Waals surface area contributed by atoms with Crippen molar-refractivity contribution < 1.29 is 18.4 Å². The first-order valence-corrected chi connectivity index (χ1v) is 9.13. The molecule has 26 heavy (non-hydrogen) atoms.